The van der Waals surface area contributed by atoms with E-state index in [1.807, 2.05) is 6.20 Å². The van der Waals surface area contributed by atoms with Gasteiger partial charge in [-0.15, -0.1) is 0 Å². The fourth-order valence-corrected chi connectivity index (χ4v) is 4.06. The maximum atomic E-state index is 11.2. The molecular formula is C17H20IN5O2S2. The number of quaternary nitrogens is 1. The maximum Gasteiger partial charge on any atom is 0.227 e. The van der Waals surface area contributed by atoms with Crippen molar-refractivity contribution in [1.29, 1.82) is 0 Å². The van der Waals surface area contributed by atoms with Crippen LogP contribution in [0.5, 0.6) is 0 Å². The Morgan fingerprint density at radius 1 is 1.22 bits per heavy atom. The van der Waals surface area contributed by atoms with E-state index in [1.54, 1.807) is 12.1 Å². The molecule has 0 spiro atoms. The lowest BCUT2D eigenvalue weighted by atomic mass is 10.2. The second-order valence-corrected chi connectivity index (χ2v) is 9.73. The molecule has 27 heavy (non-hydrogen) atoms. The van der Waals surface area contributed by atoms with Crippen molar-refractivity contribution in [2.24, 2.45) is 0 Å². The van der Waals surface area contributed by atoms with Crippen molar-refractivity contribution in [2.45, 2.75) is 4.90 Å². The highest BCUT2D eigenvalue weighted by molar-refractivity contribution is 14.1. The molecular weight excluding hydrogens is 497 g/mol. The van der Waals surface area contributed by atoms with Crippen LogP contribution in [-0.2, 0) is 10.0 Å². The molecule has 3 rings (SSSR count). The molecule has 144 valence electrons. The Labute approximate surface area is 178 Å². The average Bonchev–Trinajstić information content (AvgIpc) is 2.62. The van der Waals surface area contributed by atoms with Gasteiger partial charge in [0.05, 0.1) is 30.2 Å². The third-order valence-corrected chi connectivity index (χ3v) is 6.59. The van der Waals surface area contributed by atoms with Gasteiger partial charge in [-0.05, 0) is 65.1 Å². The first kappa shape index (κ1) is 20.4. The molecule has 1 aliphatic heterocycles. The number of likely N-dealkylation sites (N-methyl/N-ethyl adjacent to an activating group) is 1. The fourth-order valence-electron chi connectivity index (χ4n) is 2.95. The van der Waals surface area contributed by atoms with E-state index in [0.717, 1.165) is 40.1 Å². The third-order valence-electron chi connectivity index (χ3n) is 4.69. The topological polar surface area (TPSA) is 86.1 Å². The summed E-state index contributed by atoms with van der Waals surface area (Å²) in [6, 6.07) is 10.2. The predicted octanol–water partition coefficient (Wildman–Crippen LogP) is 3.08. The first-order valence-electron chi connectivity index (χ1n) is 8.30. The smallest absolute Gasteiger partial charge is 0.227 e. The average molecular weight is 517 g/mol. The summed E-state index contributed by atoms with van der Waals surface area (Å²) in [4.78, 5) is 6.65. The van der Waals surface area contributed by atoms with Crippen LogP contribution in [0.1, 0.15) is 0 Å². The van der Waals surface area contributed by atoms with Gasteiger partial charge < -0.3 is 15.4 Å². The van der Waals surface area contributed by atoms with Crippen LogP contribution in [0.25, 0.3) is 5.14 Å². The lowest BCUT2D eigenvalue weighted by Crippen LogP contribution is -2.60. The first-order valence-corrected chi connectivity index (χ1v) is 11.3. The number of piperazine rings is 1. The Bertz CT molecular complexity index is 925. The number of nitrogens with zero attached hydrogens (tertiary/aromatic N) is 3. The van der Waals surface area contributed by atoms with Crippen LogP contribution in [0, 0.1) is 3.57 Å². The highest BCUT2D eigenvalue weighted by atomic mass is 127. The lowest BCUT2D eigenvalue weighted by molar-refractivity contribution is 0.213. The van der Waals surface area contributed by atoms with E-state index in [1.165, 1.54) is 12.1 Å². The summed E-state index contributed by atoms with van der Waals surface area (Å²) in [5, 5.41) is 10.8. The largest absolute Gasteiger partial charge is 0.560 e. The number of anilines is 1. The Kier molecular flexibility index (Phi) is 6.01. The van der Waals surface area contributed by atoms with E-state index in [4.69, 9.17) is 17.4 Å². The SMILES string of the molecule is C[N+]1(c2ccc(I)cn2)CCN(C(=S)Nc2ccc(S([NH-])(=O)=O)cc2)CC1. The van der Waals surface area contributed by atoms with Gasteiger partial charge in [-0.25, -0.2) is 13.4 Å². The quantitative estimate of drug-likeness (QED) is 0.383. The molecule has 7 nitrogen and oxygen atoms in total. The zero-order valence-electron chi connectivity index (χ0n) is 14.7. The molecule has 0 unspecified atom stereocenters. The Hall–Kier alpha value is -1.34. The van der Waals surface area contributed by atoms with Crippen molar-refractivity contribution >= 4 is 61.4 Å². The number of hydrogen-bond donors (Lipinski definition) is 1. The normalized spacial score (nSPS) is 16.8. The fraction of sp³-hybridized carbons (Fsp3) is 0.294. The second kappa shape index (κ2) is 7.95. The molecule has 0 amide bonds. The second-order valence-electron chi connectivity index (χ2n) is 6.62. The van der Waals surface area contributed by atoms with Gasteiger partial charge in [0.15, 0.2) is 5.11 Å². The molecule has 1 aliphatic rings. The van der Waals surface area contributed by atoms with E-state index in [9.17, 15) is 8.42 Å². The zero-order chi connectivity index (χ0) is 19.7. The molecule has 0 radical (unpaired) electrons. The molecule has 2 aromatic rings. The minimum Gasteiger partial charge on any atom is -0.560 e. The molecule has 1 aromatic carbocycles. The van der Waals surface area contributed by atoms with Gasteiger partial charge in [-0.1, -0.05) is 0 Å². The van der Waals surface area contributed by atoms with Crippen LogP contribution in [0.15, 0.2) is 47.5 Å². The number of benzene rings is 1. The number of nitrogens with one attached hydrogen (secondary N) is 2. The Morgan fingerprint density at radius 2 is 1.85 bits per heavy atom. The summed E-state index contributed by atoms with van der Waals surface area (Å²) in [7, 11) is -1.76. The van der Waals surface area contributed by atoms with Crippen LogP contribution in [0.3, 0.4) is 0 Å². The number of rotatable bonds is 3. The summed E-state index contributed by atoms with van der Waals surface area (Å²) in [5.74, 6) is 1.06. The van der Waals surface area contributed by atoms with Gasteiger partial charge >= 0.3 is 0 Å². The molecule has 2 heterocycles. The van der Waals surface area contributed by atoms with Crippen molar-refractivity contribution in [3.63, 3.8) is 0 Å². The predicted molar refractivity (Wildman–Crippen MR) is 120 cm³/mol. The van der Waals surface area contributed by atoms with Crippen molar-refractivity contribution in [3.05, 3.63) is 51.3 Å². The van der Waals surface area contributed by atoms with E-state index in [2.05, 4.69) is 57.0 Å². The molecule has 1 aromatic heterocycles. The van der Waals surface area contributed by atoms with Crippen LogP contribution in [-0.4, -0.2) is 56.6 Å². The standard InChI is InChI=1S/C17H20IN5O2S2/c1-23(16-7-2-13(18)12-20-16)10-8-22(9-11-23)17(26)21-14-3-5-15(6-4-14)27(19,24)25/h2-7,12H,8-11H2,1H3,(H2-,19,21,24,25,26). The molecule has 10 heteroatoms. The highest BCUT2D eigenvalue weighted by Crippen LogP contribution is 2.22. The number of hydrogen-bond acceptors (Lipinski definition) is 4. The van der Waals surface area contributed by atoms with E-state index in [-0.39, 0.29) is 4.90 Å². The van der Waals surface area contributed by atoms with Gasteiger partial charge in [0.1, 0.15) is 13.1 Å². The third kappa shape index (κ3) is 4.93. The van der Waals surface area contributed by atoms with E-state index >= 15 is 0 Å². The van der Waals surface area contributed by atoms with Crippen LogP contribution < -0.4 is 9.80 Å². The number of sulfonamides is 1. The minimum absolute atomic E-state index is 0.0324. The summed E-state index contributed by atoms with van der Waals surface area (Å²) in [6.07, 6.45) is 1.89. The summed E-state index contributed by atoms with van der Waals surface area (Å²) in [5.41, 5.74) is 0.703. The van der Waals surface area contributed by atoms with Crippen LogP contribution in [0.2, 0.25) is 0 Å². The summed E-state index contributed by atoms with van der Waals surface area (Å²) >= 11 is 7.76. The highest BCUT2D eigenvalue weighted by Gasteiger charge is 2.32. The summed E-state index contributed by atoms with van der Waals surface area (Å²) < 4.78 is 24.3. The lowest BCUT2D eigenvalue weighted by Gasteiger charge is -2.41. The van der Waals surface area contributed by atoms with Crippen molar-refractivity contribution in [1.82, 2.24) is 14.4 Å². The molecule has 0 saturated carbocycles. The molecule has 0 bridgehead atoms. The van der Waals surface area contributed by atoms with E-state index in [0.29, 0.717) is 10.8 Å². The molecule has 1 fully saturated rings. The van der Waals surface area contributed by atoms with Crippen LogP contribution >= 0.6 is 34.8 Å². The first-order chi connectivity index (χ1) is 12.7. The summed E-state index contributed by atoms with van der Waals surface area (Å²) in [6.45, 7) is 3.39. The Morgan fingerprint density at radius 3 is 2.37 bits per heavy atom. The number of aromatic nitrogens is 1. The van der Waals surface area contributed by atoms with Gasteiger partial charge in [0.2, 0.25) is 5.82 Å². The van der Waals surface area contributed by atoms with Crippen molar-refractivity contribution < 1.29 is 8.42 Å². The molecule has 1 saturated heterocycles. The number of halogens is 1. The molecule has 0 aliphatic carbocycles. The molecule has 2 N–H and O–H groups in total. The van der Waals surface area contributed by atoms with Crippen molar-refractivity contribution in [2.75, 3.05) is 38.5 Å². The van der Waals surface area contributed by atoms with Gasteiger partial charge in [-0.3, -0.25) is 4.48 Å². The number of thiocarbonyl (C=S) groups is 1. The van der Waals surface area contributed by atoms with Gasteiger partial charge in [-0.2, -0.15) is 0 Å². The van der Waals surface area contributed by atoms with Gasteiger partial charge in [0.25, 0.3) is 0 Å². The zero-order valence-corrected chi connectivity index (χ0v) is 18.5. The number of pyridine rings is 1. The monoisotopic (exact) mass is 517 g/mol. The van der Waals surface area contributed by atoms with Gasteiger partial charge in [0, 0.05) is 26.4 Å². The van der Waals surface area contributed by atoms with E-state index < -0.39 is 10.0 Å². The maximum absolute atomic E-state index is 11.2. The minimum atomic E-state index is -3.94. The Balaban J connectivity index is 1.60. The van der Waals surface area contributed by atoms with Crippen LogP contribution in [0.4, 0.5) is 11.5 Å². The molecule has 0 atom stereocenters. The van der Waals surface area contributed by atoms with Crippen molar-refractivity contribution in [3.8, 4) is 0 Å².